The van der Waals surface area contributed by atoms with E-state index in [9.17, 15) is 4.79 Å². The highest BCUT2D eigenvalue weighted by molar-refractivity contribution is 7.10. The summed E-state index contributed by atoms with van der Waals surface area (Å²) in [6.45, 7) is 2.36. The predicted octanol–water partition coefficient (Wildman–Crippen LogP) is 3.63. The number of hydrogen-bond acceptors (Lipinski definition) is 6. The van der Waals surface area contributed by atoms with Gasteiger partial charge in [0.2, 0.25) is 17.7 Å². The number of carbonyl (C=O) groups excluding carboxylic acids is 1. The third-order valence-corrected chi connectivity index (χ3v) is 6.87. The maximum absolute atomic E-state index is 13.9. The van der Waals surface area contributed by atoms with Crippen molar-refractivity contribution in [3.05, 3.63) is 34.2 Å². The average molecular weight is 375 g/mol. The minimum absolute atomic E-state index is 0.000123. The number of aryl methyl sites for hydroxylation is 1. The number of hydrogen-bond donors (Lipinski definition) is 0. The van der Waals surface area contributed by atoms with Gasteiger partial charge < -0.3 is 14.1 Å². The van der Waals surface area contributed by atoms with E-state index in [-0.39, 0.29) is 18.1 Å². The van der Waals surface area contributed by atoms with Crippen molar-refractivity contribution < 1.29 is 13.9 Å². The van der Waals surface area contributed by atoms with E-state index in [4.69, 9.17) is 9.15 Å². The second-order valence-corrected chi connectivity index (χ2v) is 8.29. The summed E-state index contributed by atoms with van der Waals surface area (Å²) >= 11 is 1.69. The Bertz CT molecular complexity index is 752. The van der Waals surface area contributed by atoms with E-state index < -0.39 is 5.41 Å². The van der Waals surface area contributed by atoms with E-state index >= 15 is 0 Å². The summed E-state index contributed by atoms with van der Waals surface area (Å²) in [7, 11) is 1.70. The first-order valence-electron chi connectivity index (χ1n) is 9.32. The maximum Gasteiger partial charge on any atom is 0.239 e. The lowest BCUT2D eigenvalue weighted by Crippen LogP contribution is -2.48. The van der Waals surface area contributed by atoms with Crippen molar-refractivity contribution >= 4 is 17.2 Å². The third kappa shape index (κ3) is 2.97. The predicted molar refractivity (Wildman–Crippen MR) is 98.0 cm³/mol. The van der Waals surface area contributed by atoms with Crippen molar-refractivity contribution in [3.63, 3.8) is 0 Å². The summed E-state index contributed by atoms with van der Waals surface area (Å²) in [5, 5.41) is 10.2. The smallest absolute Gasteiger partial charge is 0.239 e. The van der Waals surface area contributed by atoms with Gasteiger partial charge >= 0.3 is 0 Å². The molecule has 0 unspecified atom stereocenters. The van der Waals surface area contributed by atoms with Crippen LogP contribution in [-0.2, 0) is 14.9 Å². The minimum Gasteiger partial charge on any atom is -0.423 e. The Hall–Kier alpha value is -1.73. The van der Waals surface area contributed by atoms with Crippen LogP contribution in [0.2, 0.25) is 0 Å². The molecule has 1 aliphatic carbocycles. The van der Waals surface area contributed by atoms with E-state index in [0.29, 0.717) is 24.7 Å². The van der Waals surface area contributed by atoms with Crippen LogP contribution < -0.4 is 0 Å². The molecule has 6 nitrogen and oxygen atoms in total. The van der Waals surface area contributed by atoms with Crippen LogP contribution in [0.4, 0.5) is 0 Å². The molecule has 140 valence electrons. The van der Waals surface area contributed by atoms with E-state index in [2.05, 4.69) is 21.6 Å². The van der Waals surface area contributed by atoms with Crippen LogP contribution in [0.15, 0.2) is 21.9 Å². The number of aromatic nitrogens is 2. The van der Waals surface area contributed by atoms with Gasteiger partial charge in [0.05, 0.1) is 11.5 Å². The number of ether oxygens (including phenoxy) is 1. The van der Waals surface area contributed by atoms with Gasteiger partial charge in [-0.15, -0.1) is 21.5 Å². The molecule has 1 saturated heterocycles. The molecule has 0 radical (unpaired) electrons. The van der Waals surface area contributed by atoms with Crippen LogP contribution in [0, 0.1) is 6.92 Å². The third-order valence-electron chi connectivity index (χ3n) is 5.79. The van der Waals surface area contributed by atoms with Gasteiger partial charge in [0, 0.05) is 31.9 Å². The zero-order valence-electron chi connectivity index (χ0n) is 15.3. The van der Waals surface area contributed by atoms with Crippen molar-refractivity contribution in [3.8, 4) is 0 Å². The molecule has 0 aromatic carbocycles. The molecule has 2 fully saturated rings. The highest BCUT2D eigenvalue weighted by Gasteiger charge is 2.49. The van der Waals surface area contributed by atoms with E-state index in [0.717, 1.165) is 25.7 Å². The van der Waals surface area contributed by atoms with Crippen LogP contribution >= 0.6 is 11.3 Å². The van der Waals surface area contributed by atoms with Crippen LogP contribution in [0.25, 0.3) is 0 Å². The maximum atomic E-state index is 13.9. The molecule has 2 aromatic rings. The highest BCUT2D eigenvalue weighted by atomic mass is 32.1. The molecule has 2 atom stereocenters. The van der Waals surface area contributed by atoms with Gasteiger partial charge in [-0.25, -0.2) is 0 Å². The Balaban J connectivity index is 1.69. The van der Waals surface area contributed by atoms with Gasteiger partial charge in [-0.3, -0.25) is 4.79 Å². The first kappa shape index (κ1) is 17.7. The summed E-state index contributed by atoms with van der Waals surface area (Å²) in [4.78, 5) is 17.0. The quantitative estimate of drug-likeness (QED) is 0.816. The molecule has 1 aliphatic heterocycles. The minimum atomic E-state index is -0.414. The van der Waals surface area contributed by atoms with Crippen molar-refractivity contribution in [1.82, 2.24) is 15.1 Å². The number of amides is 1. The van der Waals surface area contributed by atoms with E-state index in [1.165, 1.54) is 11.3 Å². The van der Waals surface area contributed by atoms with Crippen molar-refractivity contribution in [2.75, 3.05) is 13.7 Å². The standard InChI is InChI=1S/C19H25N3O3S/c1-13-20-21-17(25-13)15-11-14(24-2)12-22(15)18(23)19(8-4-3-5-9-19)16-7-6-10-26-16/h6-7,10,14-15H,3-5,8-9,11-12H2,1-2H3/t14-,15+/m0/s1. The number of likely N-dealkylation sites (tertiary alicyclic amines) is 1. The molecular weight excluding hydrogens is 350 g/mol. The Morgan fingerprint density at radius 1 is 1.35 bits per heavy atom. The molecule has 2 aromatic heterocycles. The molecule has 3 heterocycles. The van der Waals surface area contributed by atoms with Gasteiger partial charge in [-0.2, -0.15) is 0 Å². The topological polar surface area (TPSA) is 68.5 Å². The fourth-order valence-corrected chi connectivity index (χ4v) is 5.40. The Morgan fingerprint density at radius 3 is 2.77 bits per heavy atom. The first-order chi connectivity index (χ1) is 12.6. The van der Waals surface area contributed by atoms with Crippen LogP contribution in [0.3, 0.4) is 0 Å². The van der Waals surface area contributed by atoms with Gasteiger partial charge in [-0.1, -0.05) is 25.3 Å². The summed E-state index contributed by atoms with van der Waals surface area (Å²) in [6.07, 6.45) is 5.91. The Labute approximate surface area is 157 Å². The van der Waals surface area contributed by atoms with Gasteiger partial charge in [0.15, 0.2) is 0 Å². The highest BCUT2D eigenvalue weighted by Crippen LogP contribution is 2.46. The van der Waals surface area contributed by atoms with Crippen LogP contribution in [0.5, 0.6) is 0 Å². The average Bonchev–Trinajstić information content (AvgIpc) is 3.41. The zero-order chi connectivity index (χ0) is 18.1. The van der Waals surface area contributed by atoms with Crippen molar-refractivity contribution in [2.24, 2.45) is 0 Å². The summed E-state index contributed by atoms with van der Waals surface area (Å²) < 4.78 is 11.3. The van der Waals surface area contributed by atoms with E-state index in [1.807, 2.05) is 11.0 Å². The fourth-order valence-electron chi connectivity index (χ4n) is 4.42. The number of carbonyl (C=O) groups is 1. The van der Waals surface area contributed by atoms with Crippen LogP contribution in [-0.4, -0.2) is 40.8 Å². The molecule has 2 aliphatic rings. The lowest BCUT2D eigenvalue weighted by molar-refractivity contribution is -0.140. The molecule has 1 saturated carbocycles. The Morgan fingerprint density at radius 2 is 2.15 bits per heavy atom. The second-order valence-electron chi connectivity index (χ2n) is 7.35. The summed E-state index contributed by atoms with van der Waals surface area (Å²) in [6, 6.07) is 3.96. The number of thiophene rings is 1. The van der Waals surface area contributed by atoms with Gasteiger partial charge in [0.1, 0.15) is 6.04 Å². The van der Waals surface area contributed by atoms with E-state index in [1.54, 1.807) is 25.4 Å². The summed E-state index contributed by atoms with van der Waals surface area (Å²) in [5.41, 5.74) is -0.414. The molecule has 7 heteroatoms. The van der Waals surface area contributed by atoms with Crippen LogP contribution in [0.1, 0.15) is 61.2 Å². The van der Waals surface area contributed by atoms with Gasteiger partial charge in [0.25, 0.3) is 0 Å². The second kappa shape index (κ2) is 7.12. The molecular formula is C19H25N3O3S. The molecule has 0 N–H and O–H groups in total. The largest absolute Gasteiger partial charge is 0.423 e. The van der Waals surface area contributed by atoms with Crippen molar-refractivity contribution in [2.45, 2.75) is 63.0 Å². The normalized spacial score (nSPS) is 25.5. The molecule has 0 bridgehead atoms. The zero-order valence-corrected chi connectivity index (χ0v) is 16.1. The lowest BCUT2D eigenvalue weighted by atomic mass is 9.71. The molecule has 0 spiro atoms. The van der Waals surface area contributed by atoms with Gasteiger partial charge in [-0.05, 0) is 24.3 Å². The first-order valence-corrected chi connectivity index (χ1v) is 10.2. The van der Waals surface area contributed by atoms with Crippen molar-refractivity contribution in [1.29, 1.82) is 0 Å². The fraction of sp³-hybridized carbons (Fsp3) is 0.632. The lowest BCUT2D eigenvalue weighted by Gasteiger charge is -2.39. The molecule has 4 rings (SSSR count). The summed E-state index contributed by atoms with van der Waals surface area (Å²) in [5.74, 6) is 1.24. The molecule has 26 heavy (non-hydrogen) atoms. The molecule has 1 amide bonds. The number of rotatable bonds is 4. The number of methoxy groups -OCH3 is 1. The monoisotopic (exact) mass is 375 g/mol. The Kier molecular flexibility index (Phi) is 4.84. The SMILES string of the molecule is CO[C@H]1C[C@H](c2nnc(C)o2)N(C(=O)C2(c3cccs3)CCCCC2)C1. The number of nitrogens with zero attached hydrogens (tertiary/aromatic N) is 3.